The minimum atomic E-state index is 0. The number of hydrogen-bond donors (Lipinski definition) is 7. The molecule has 0 unspecified atom stereocenters. The Balaban J connectivity index is -0.000000263. The first kappa shape index (κ1) is 81.1. The van der Waals surface area contributed by atoms with Gasteiger partial charge in [-0.2, -0.15) is 0 Å². The maximum absolute atomic E-state index is 5.69. The predicted octanol–water partition coefficient (Wildman–Crippen LogP) is 14.4. The van der Waals surface area contributed by atoms with Crippen LogP contribution in [-0.4, -0.2) is 77.6 Å². The predicted molar refractivity (Wildman–Crippen MR) is 345 cm³/mol. The Hall–Kier alpha value is -5.80. The molecule has 0 atom stereocenters. The van der Waals surface area contributed by atoms with E-state index in [1.54, 1.807) is 24.8 Å². The van der Waals surface area contributed by atoms with Crippen molar-refractivity contribution in [3.05, 3.63) is 197 Å². The second-order valence-electron chi connectivity index (χ2n) is 16.7. The maximum atomic E-state index is 5.69. The number of benzene rings is 4. The molecule has 0 bridgehead atoms. The van der Waals surface area contributed by atoms with E-state index in [1.807, 2.05) is 133 Å². The van der Waals surface area contributed by atoms with E-state index < -0.39 is 0 Å². The summed E-state index contributed by atoms with van der Waals surface area (Å²) in [5.41, 5.74) is 7.40. The topological polar surface area (TPSA) is 141 Å². The average Bonchev–Trinajstić information content (AvgIpc) is 3.89. The normalized spacial score (nSPS) is 10.9. The summed E-state index contributed by atoms with van der Waals surface area (Å²) in [7, 11) is 13.6. The second-order valence-corrected chi connectivity index (χ2v) is 17.2. The van der Waals surface area contributed by atoms with E-state index in [4.69, 9.17) is 21.1 Å². The fourth-order valence-corrected chi connectivity index (χ4v) is 7.60. The molecule has 1 saturated carbocycles. The molecule has 0 amide bonds. The molecular weight excluding hydrogens is 988 g/mol. The summed E-state index contributed by atoms with van der Waals surface area (Å²) in [6.45, 7) is 6.94. The highest BCUT2D eigenvalue weighted by Crippen LogP contribution is 2.32. The summed E-state index contributed by atoms with van der Waals surface area (Å²) in [6.07, 6.45) is 16.3. The Kier molecular flexibility index (Phi) is 55.3. The largest absolute Gasteiger partial charge is 0.454 e. The van der Waals surface area contributed by atoms with Gasteiger partial charge in [0, 0.05) is 75.3 Å². The number of rotatable bonds is 14. The highest BCUT2D eigenvalue weighted by atomic mass is 35.5. The minimum absolute atomic E-state index is 0. The zero-order chi connectivity index (χ0) is 51.0. The standard InChI is InChI=1S/C12H13N.C9H11NO2.C8H10ClN.C8H17N.3C7H10N2.7CH4/c1-13-9-11-7-4-6-10-5-2-3-8-12(10)11;1-10-5-7-2-3-8-9(4-7)12-6-11-8;1-10-6-7-2-4-8(9)5-3-7;1-9-7-8-5-3-2-4-6-8;1-8-6-7-2-4-9-5-3-7;1-8-5-7-3-2-4-9-6-7;1-8-6-7-4-2-3-5-9-7;;;;;;;/h2-8,13H,9H2,1H3;2-4,10H,5-6H2,1H3;2-5,10H,6H2,1H3;8-9H,2-7H2,1H3;2-5,8H,6H2,1H3;2-4,6,8H,5H2,1H3;2-5,8H,6H2,1H3;7*1H4. The molecule has 9 rings (SSSR count). The quantitative estimate of drug-likeness (QED) is 0.0558. The van der Waals surface area contributed by atoms with E-state index in [0.29, 0.717) is 6.79 Å². The van der Waals surface area contributed by atoms with Crippen LogP contribution in [0.2, 0.25) is 5.02 Å². The number of aromatic nitrogens is 3. The molecule has 7 aromatic rings. The van der Waals surface area contributed by atoms with Gasteiger partial charge in [0.25, 0.3) is 0 Å². The number of ether oxygens (including phenoxy) is 2. The summed E-state index contributed by atoms with van der Waals surface area (Å²) in [6, 6.07) is 42.6. The fraction of sp³-hybridized carbons (Fsp3) is 0.431. The van der Waals surface area contributed by atoms with Crippen molar-refractivity contribution in [3.8, 4) is 11.5 Å². The number of nitrogens with zero attached hydrogens (tertiary/aromatic N) is 3. The number of nitrogens with one attached hydrogen (secondary N) is 7. The molecule has 1 aliphatic heterocycles. The zero-order valence-electron chi connectivity index (χ0n) is 43.3. The van der Waals surface area contributed by atoms with E-state index in [1.165, 1.54) is 77.2 Å². The van der Waals surface area contributed by atoms with Gasteiger partial charge in [-0.15, -0.1) is 0 Å². The van der Waals surface area contributed by atoms with E-state index in [2.05, 4.69) is 102 Å². The van der Waals surface area contributed by atoms with E-state index >= 15 is 0 Å². The van der Waals surface area contributed by atoms with E-state index in [0.717, 1.165) is 67.4 Å². The molecule has 0 radical (unpaired) electrons. The molecule has 4 aromatic carbocycles. The van der Waals surface area contributed by atoms with Crippen molar-refractivity contribution in [2.45, 2.75) is 123 Å². The van der Waals surface area contributed by atoms with E-state index in [9.17, 15) is 0 Å². The molecule has 1 aliphatic carbocycles. The Labute approximate surface area is 482 Å². The van der Waals surface area contributed by atoms with Gasteiger partial charge in [0.05, 0.1) is 5.69 Å². The molecule has 12 nitrogen and oxygen atoms in total. The molecule has 3 aromatic heterocycles. The first-order valence-corrected chi connectivity index (χ1v) is 25.0. The van der Waals surface area contributed by atoms with Crippen LogP contribution >= 0.6 is 11.6 Å². The lowest BCUT2D eigenvalue weighted by Gasteiger charge is -2.20. The van der Waals surface area contributed by atoms with Crippen LogP contribution < -0.4 is 46.7 Å². The van der Waals surface area contributed by atoms with Gasteiger partial charge in [-0.3, -0.25) is 15.0 Å². The van der Waals surface area contributed by atoms with Gasteiger partial charge < -0.3 is 46.7 Å². The van der Waals surface area contributed by atoms with Gasteiger partial charge in [0.15, 0.2) is 11.5 Å². The Morgan fingerprint density at radius 3 is 1.58 bits per heavy atom. The van der Waals surface area contributed by atoms with Crippen LogP contribution in [0.4, 0.5) is 0 Å². The van der Waals surface area contributed by atoms with Gasteiger partial charge >= 0.3 is 0 Å². The Morgan fingerprint density at radius 1 is 0.449 bits per heavy atom. The van der Waals surface area contributed by atoms with Gasteiger partial charge in [-0.05, 0) is 168 Å². The minimum Gasteiger partial charge on any atom is -0.454 e. The monoisotopic (exact) mass is 1100 g/mol. The van der Waals surface area contributed by atoms with Crippen molar-refractivity contribution in [3.63, 3.8) is 0 Å². The number of halogens is 1. The summed E-state index contributed by atoms with van der Waals surface area (Å²) in [5, 5.41) is 25.1. The van der Waals surface area contributed by atoms with Crippen LogP contribution in [-0.2, 0) is 39.3 Å². The van der Waals surface area contributed by atoms with Gasteiger partial charge in [-0.1, -0.05) is 156 Å². The van der Waals surface area contributed by atoms with Crippen molar-refractivity contribution in [1.82, 2.24) is 52.2 Å². The molecule has 0 spiro atoms. The molecule has 438 valence electrons. The summed E-state index contributed by atoms with van der Waals surface area (Å²) >= 11 is 5.69. The molecule has 78 heavy (non-hydrogen) atoms. The molecule has 1 fully saturated rings. The van der Waals surface area contributed by atoms with Crippen molar-refractivity contribution < 1.29 is 9.47 Å². The molecule has 13 heteroatoms. The SMILES string of the molecule is C.C.C.C.C.C.C.CNCC1CCCCC1.CNCc1ccc(Cl)cc1.CNCc1ccc2c(c1)OCO2.CNCc1cccc2ccccc12.CNCc1ccccn1.CNCc1cccnc1.CNCc1ccncc1. The lowest BCUT2D eigenvalue weighted by Crippen LogP contribution is -2.20. The van der Waals surface area contributed by atoms with Crippen molar-refractivity contribution in [2.24, 2.45) is 5.92 Å². The van der Waals surface area contributed by atoms with Crippen molar-refractivity contribution in [2.75, 3.05) is 62.7 Å². The average molecular weight is 1100 g/mol. The third-order valence-corrected chi connectivity index (χ3v) is 11.1. The molecule has 0 saturated heterocycles. The van der Waals surface area contributed by atoms with Gasteiger partial charge in [-0.25, -0.2) is 0 Å². The number of hydrogen-bond acceptors (Lipinski definition) is 12. The highest BCUT2D eigenvalue weighted by Gasteiger charge is 2.13. The highest BCUT2D eigenvalue weighted by molar-refractivity contribution is 6.30. The lowest BCUT2D eigenvalue weighted by atomic mass is 9.89. The van der Waals surface area contributed by atoms with Gasteiger partial charge in [0.1, 0.15) is 0 Å². The van der Waals surface area contributed by atoms with E-state index in [-0.39, 0.29) is 52.0 Å². The lowest BCUT2D eigenvalue weighted by molar-refractivity contribution is 0.174. The van der Waals surface area contributed by atoms with Crippen LogP contribution in [0.3, 0.4) is 0 Å². The van der Waals surface area contributed by atoms with Crippen LogP contribution in [0.1, 0.15) is 118 Å². The van der Waals surface area contributed by atoms with Crippen molar-refractivity contribution >= 4 is 22.4 Å². The van der Waals surface area contributed by atoms with Crippen LogP contribution in [0.5, 0.6) is 11.5 Å². The summed E-state index contributed by atoms with van der Waals surface area (Å²) < 4.78 is 10.4. The molecule has 2 aliphatic rings. The summed E-state index contributed by atoms with van der Waals surface area (Å²) in [5.74, 6) is 2.68. The first-order chi connectivity index (χ1) is 34.9. The first-order valence-electron chi connectivity index (χ1n) is 24.7. The van der Waals surface area contributed by atoms with Crippen LogP contribution in [0, 0.1) is 5.92 Å². The smallest absolute Gasteiger partial charge is 0.231 e. The molecule has 7 N–H and O–H groups in total. The van der Waals surface area contributed by atoms with Crippen LogP contribution in [0.25, 0.3) is 10.8 Å². The third kappa shape index (κ3) is 35.6. The molecule has 4 heterocycles. The second kappa shape index (κ2) is 53.2. The maximum Gasteiger partial charge on any atom is 0.231 e. The van der Waals surface area contributed by atoms with Crippen molar-refractivity contribution in [1.29, 1.82) is 0 Å². The fourth-order valence-electron chi connectivity index (χ4n) is 7.47. The molecular formula is C65H109ClN10O2. The number of fused-ring (bicyclic) bond motifs is 2. The Morgan fingerprint density at radius 2 is 1.00 bits per heavy atom. The number of pyridine rings is 3. The third-order valence-electron chi connectivity index (χ3n) is 10.9. The van der Waals surface area contributed by atoms with Gasteiger partial charge in [0.2, 0.25) is 6.79 Å². The Bertz CT molecular complexity index is 2240. The summed E-state index contributed by atoms with van der Waals surface area (Å²) in [4.78, 5) is 12.0. The zero-order valence-corrected chi connectivity index (χ0v) is 44.1. The van der Waals surface area contributed by atoms with Crippen LogP contribution in [0.15, 0.2) is 158 Å².